The van der Waals surface area contributed by atoms with Crippen molar-refractivity contribution in [3.8, 4) is 0 Å². The van der Waals surface area contributed by atoms with Gasteiger partial charge in [0.15, 0.2) is 0 Å². The van der Waals surface area contributed by atoms with Gasteiger partial charge in [-0.15, -0.1) is 0 Å². The molecule has 102 valence electrons. The predicted octanol–water partition coefficient (Wildman–Crippen LogP) is 1.79. The fourth-order valence-corrected chi connectivity index (χ4v) is 2.92. The van der Waals surface area contributed by atoms with Crippen molar-refractivity contribution >= 4 is 0 Å². The Morgan fingerprint density at radius 2 is 2.18 bits per heavy atom. The first kappa shape index (κ1) is 14.9. The zero-order valence-electron chi connectivity index (χ0n) is 12.2. The molecule has 1 rings (SSSR count). The van der Waals surface area contributed by atoms with Crippen LogP contribution in [-0.2, 0) is 0 Å². The molecule has 1 fully saturated rings. The lowest BCUT2D eigenvalue weighted by molar-refractivity contribution is 0.203. The fourth-order valence-electron chi connectivity index (χ4n) is 2.92. The van der Waals surface area contributed by atoms with E-state index in [4.69, 9.17) is 0 Å². The number of nitrogens with one attached hydrogen (secondary N) is 1. The molecule has 1 aliphatic heterocycles. The third-order valence-electron chi connectivity index (χ3n) is 3.86. The van der Waals surface area contributed by atoms with E-state index in [2.05, 4.69) is 43.1 Å². The molecule has 1 heterocycles. The first-order valence-corrected chi connectivity index (χ1v) is 7.29. The van der Waals surface area contributed by atoms with Crippen LogP contribution in [0.25, 0.3) is 0 Å². The van der Waals surface area contributed by atoms with E-state index in [1.54, 1.807) is 0 Å². The summed E-state index contributed by atoms with van der Waals surface area (Å²) in [7, 11) is 4.53. The quantitative estimate of drug-likeness (QED) is 0.699. The Morgan fingerprint density at radius 1 is 1.41 bits per heavy atom. The normalized spacial score (nSPS) is 23.5. The Morgan fingerprint density at radius 3 is 2.71 bits per heavy atom. The van der Waals surface area contributed by atoms with E-state index in [1.165, 1.54) is 45.3 Å². The molecule has 0 aliphatic carbocycles. The highest BCUT2D eigenvalue weighted by atomic mass is 15.2. The number of nitrogens with zero attached hydrogens (tertiary/aromatic N) is 2. The Balaban J connectivity index is 2.28. The van der Waals surface area contributed by atoms with E-state index in [0.717, 1.165) is 12.6 Å². The molecule has 1 N–H and O–H groups in total. The summed E-state index contributed by atoms with van der Waals surface area (Å²) >= 11 is 0. The Bertz CT molecular complexity index is 190. The number of likely N-dealkylation sites (N-methyl/N-ethyl adjacent to an activating group) is 3. The molecule has 17 heavy (non-hydrogen) atoms. The Kier molecular flexibility index (Phi) is 7.09. The molecule has 1 aliphatic rings. The summed E-state index contributed by atoms with van der Waals surface area (Å²) in [5.74, 6) is 0. The van der Waals surface area contributed by atoms with E-state index in [1.807, 2.05) is 0 Å². The Hall–Kier alpha value is -0.120. The van der Waals surface area contributed by atoms with Gasteiger partial charge in [0.1, 0.15) is 0 Å². The molecule has 2 unspecified atom stereocenters. The minimum absolute atomic E-state index is 0.668. The molecule has 0 radical (unpaired) electrons. The van der Waals surface area contributed by atoms with E-state index >= 15 is 0 Å². The molecule has 1 saturated heterocycles. The van der Waals surface area contributed by atoms with Crippen molar-refractivity contribution in [2.75, 3.05) is 40.3 Å². The summed E-state index contributed by atoms with van der Waals surface area (Å²) in [5, 5.41) is 3.60. The van der Waals surface area contributed by atoms with E-state index in [9.17, 15) is 0 Å². The van der Waals surface area contributed by atoms with Gasteiger partial charge in [-0.2, -0.15) is 0 Å². The highest BCUT2D eigenvalue weighted by Crippen LogP contribution is 2.15. The fraction of sp³-hybridized carbons (Fsp3) is 1.00. The maximum Gasteiger partial charge on any atom is 0.0220 e. The van der Waals surface area contributed by atoms with Crippen LogP contribution < -0.4 is 5.32 Å². The van der Waals surface area contributed by atoms with E-state index in [-0.39, 0.29) is 0 Å². The Labute approximate surface area is 108 Å². The molecule has 0 aromatic carbocycles. The van der Waals surface area contributed by atoms with Gasteiger partial charge < -0.3 is 15.1 Å². The van der Waals surface area contributed by atoms with Crippen molar-refractivity contribution in [3.05, 3.63) is 0 Å². The van der Waals surface area contributed by atoms with E-state index in [0.29, 0.717) is 6.04 Å². The maximum atomic E-state index is 3.60. The van der Waals surface area contributed by atoms with Gasteiger partial charge in [-0.05, 0) is 46.4 Å². The third-order valence-corrected chi connectivity index (χ3v) is 3.86. The van der Waals surface area contributed by atoms with Crippen molar-refractivity contribution in [2.45, 2.75) is 51.6 Å². The molecule has 0 aromatic heterocycles. The minimum Gasteiger partial charge on any atom is -0.313 e. The van der Waals surface area contributed by atoms with Crippen LogP contribution in [0.15, 0.2) is 0 Å². The van der Waals surface area contributed by atoms with Gasteiger partial charge >= 0.3 is 0 Å². The first-order chi connectivity index (χ1) is 8.17. The summed E-state index contributed by atoms with van der Waals surface area (Å²) in [6, 6.07) is 1.45. The molecule has 2 atom stereocenters. The van der Waals surface area contributed by atoms with Gasteiger partial charge in [-0.3, -0.25) is 0 Å². The average Bonchev–Trinajstić information content (AvgIpc) is 2.65. The lowest BCUT2D eigenvalue weighted by Crippen LogP contribution is -2.44. The number of hydrogen-bond donors (Lipinski definition) is 1. The monoisotopic (exact) mass is 241 g/mol. The van der Waals surface area contributed by atoms with Gasteiger partial charge in [0.2, 0.25) is 0 Å². The highest BCUT2D eigenvalue weighted by molar-refractivity contribution is 4.80. The maximum absolute atomic E-state index is 3.60. The van der Waals surface area contributed by atoms with Crippen LogP contribution in [0.5, 0.6) is 0 Å². The smallest absolute Gasteiger partial charge is 0.0220 e. The molecular weight excluding hydrogens is 210 g/mol. The van der Waals surface area contributed by atoms with Crippen LogP contribution in [0, 0.1) is 0 Å². The van der Waals surface area contributed by atoms with Gasteiger partial charge in [0.25, 0.3) is 0 Å². The highest BCUT2D eigenvalue weighted by Gasteiger charge is 2.22. The zero-order valence-corrected chi connectivity index (χ0v) is 12.2. The van der Waals surface area contributed by atoms with Gasteiger partial charge in [0.05, 0.1) is 0 Å². The first-order valence-electron chi connectivity index (χ1n) is 7.29. The molecule has 0 bridgehead atoms. The summed E-state index contributed by atoms with van der Waals surface area (Å²) < 4.78 is 0. The number of likely N-dealkylation sites (tertiary alicyclic amines) is 1. The van der Waals surface area contributed by atoms with Crippen molar-refractivity contribution in [2.24, 2.45) is 0 Å². The van der Waals surface area contributed by atoms with Crippen LogP contribution in [0.1, 0.15) is 39.5 Å². The van der Waals surface area contributed by atoms with Crippen LogP contribution in [-0.4, -0.2) is 62.2 Å². The molecule has 0 amide bonds. The molecule has 0 aromatic rings. The lowest BCUT2D eigenvalue weighted by Gasteiger charge is -2.29. The second-order valence-electron chi connectivity index (χ2n) is 5.54. The lowest BCUT2D eigenvalue weighted by atomic mass is 10.1. The van der Waals surface area contributed by atoms with E-state index < -0.39 is 0 Å². The predicted molar refractivity (Wildman–Crippen MR) is 75.5 cm³/mol. The molecule has 0 spiro atoms. The second kappa shape index (κ2) is 8.06. The summed E-state index contributed by atoms with van der Waals surface area (Å²) in [6.45, 7) is 9.25. The summed E-state index contributed by atoms with van der Waals surface area (Å²) in [4.78, 5) is 5.02. The molecule has 3 nitrogen and oxygen atoms in total. The van der Waals surface area contributed by atoms with Crippen molar-refractivity contribution < 1.29 is 0 Å². The summed E-state index contributed by atoms with van der Waals surface area (Å²) in [6.07, 6.45) is 5.31. The second-order valence-corrected chi connectivity index (χ2v) is 5.54. The number of rotatable bonds is 8. The van der Waals surface area contributed by atoms with Crippen LogP contribution in [0.3, 0.4) is 0 Å². The largest absolute Gasteiger partial charge is 0.313 e. The van der Waals surface area contributed by atoms with Gasteiger partial charge in [0, 0.05) is 25.2 Å². The standard InChI is InChI=1S/C14H31N3/c1-5-8-13(15-6-2)11-16(3)12-14-9-7-10-17(14)4/h13-15H,5-12H2,1-4H3. The van der Waals surface area contributed by atoms with Crippen molar-refractivity contribution in [1.29, 1.82) is 0 Å². The van der Waals surface area contributed by atoms with Crippen LogP contribution in [0.4, 0.5) is 0 Å². The summed E-state index contributed by atoms with van der Waals surface area (Å²) in [5.41, 5.74) is 0. The molecular formula is C14H31N3. The van der Waals surface area contributed by atoms with Crippen LogP contribution >= 0.6 is 0 Å². The van der Waals surface area contributed by atoms with Crippen LogP contribution in [0.2, 0.25) is 0 Å². The van der Waals surface area contributed by atoms with Gasteiger partial charge in [-0.25, -0.2) is 0 Å². The number of hydrogen-bond acceptors (Lipinski definition) is 3. The molecule has 3 heteroatoms. The zero-order chi connectivity index (χ0) is 12.7. The van der Waals surface area contributed by atoms with Crippen molar-refractivity contribution in [3.63, 3.8) is 0 Å². The van der Waals surface area contributed by atoms with Crippen molar-refractivity contribution in [1.82, 2.24) is 15.1 Å². The SMILES string of the molecule is CCCC(CN(C)CC1CCCN1C)NCC. The topological polar surface area (TPSA) is 18.5 Å². The van der Waals surface area contributed by atoms with Gasteiger partial charge in [-0.1, -0.05) is 20.3 Å². The third kappa shape index (κ3) is 5.36. The average molecular weight is 241 g/mol. The minimum atomic E-state index is 0.668. The molecule has 0 saturated carbocycles.